The summed E-state index contributed by atoms with van der Waals surface area (Å²) in [5.74, 6) is 0. The second-order valence-electron chi connectivity index (χ2n) is 6.09. The van der Waals surface area contributed by atoms with Gasteiger partial charge in [-0.3, -0.25) is 4.40 Å². The van der Waals surface area contributed by atoms with Crippen LogP contribution in [0.2, 0.25) is 0 Å². The molecule has 3 aromatic carbocycles. The fraction of sp³-hybridized carbons (Fsp3) is 0. The Morgan fingerprint density at radius 2 is 1.33 bits per heavy atom. The monoisotopic (exact) mass is 324 g/mol. The van der Waals surface area contributed by atoms with Crippen molar-refractivity contribution in [3.05, 3.63) is 72.8 Å². The lowest BCUT2D eigenvalue weighted by atomic mass is 10.1. The Balaban J connectivity index is 2.02. The van der Waals surface area contributed by atoms with Gasteiger partial charge in [-0.25, -0.2) is 4.98 Å². The third kappa shape index (κ3) is 1.43. The highest BCUT2D eigenvalue weighted by Gasteiger charge is 2.16. The molecule has 6 aromatic rings. The molecule has 0 amide bonds. The van der Waals surface area contributed by atoms with Crippen LogP contribution >= 0.6 is 11.3 Å². The van der Waals surface area contributed by atoms with Crippen LogP contribution in [0.4, 0.5) is 0 Å². The van der Waals surface area contributed by atoms with Gasteiger partial charge in [-0.15, -0.1) is 11.3 Å². The van der Waals surface area contributed by atoms with Gasteiger partial charge >= 0.3 is 0 Å². The summed E-state index contributed by atoms with van der Waals surface area (Å²) in [5.41, 5.74) is 3.38. The first-order chi connectivity index (χ1) is 11.9. The lowest BCUT2D eigenvalue weighted by Gasteiger charge is -2.07. The Labute approximate surface area is 141 Å². The van der Waals surface area contributed by atoms with Gasteiger partial charge in [0.15, 0.2) is 0 Å². The molecule has 0 spiro atoms. The molecule has 0 saturated carbocycles. The van der Waals surface area contributed by atoms with Gasteiger partial charge in [-0.1, -0.05) is 60.7 Å². The highest BCUT2D eigenvalue weighted by Crippen LogP contribution is 2.38. The first-order valence-electron chi connectivity index (χ1n) is 8.01. The average molecular weight is 324 g/mol. The number of nitrogens with zero attached hydrogens (tertiary/aromatic N) is 2. The zero-order valence-electron chi connectivity index (χ0n) is 12.7. The molecule has 0 aliphatic rings. The molecule has 0 unspecified atom stereocenters. The largest absolute Gasteiger partial charge is 0.283 e. The highest BCUT2D eigenvalue weighted by atomic mass is 32.1. The van der Waals surface area contributed by atoms with E-state index in [-0.39, 0.29) is 0 Å². The van der Waals surface area contributed by atoms with Gasteiger partial charge in [0, 0.05) is 20.9 Å². The van der Waals surface area contributed by atoms with Crippen LogP contribution in [0.15, 0.2) is 72.8 Å². The molecule has 0 saturated heterocycles. The number of rotatable bonds is 0. The van der Waals surface area contributed by atoms with E-state index >= 15 is 0 Å². The molecule has 0 atom stereocenters. The van der Waals surface area contributed by atoms with Gasteiger partial charge in [0.1, 0.15) is 16.0 Å². The smallest absolute Gasteiger partial charge is 0.147 e. The maximum Gasteiger partial charge on any atom is 0.147 e. The zero-order valence-corrected chi connectivity index (χ0v) is 13.5. The van der Waals surface area contributed by atoms with E-state index < -0.39 is 0 Å². The maximum absolute atomic E-state index is 5.05. The van der Waals surface area contributed by atoms with Crippen LogP contribution in [0, 0.1) is 0 Å². The van der Waals surface area contributed by atoms with Crippen LogP contribution in [-0.2, 0) is 0 Å². The van der Waals surface area contributed by atoms with E-state index in [1.807, 2.05) is 11.3 Å². The van der Waals surface area contributed by atoms with E-state index in [1.165, 1.54) is 36.6 Å². The van der Waals surface area contributed by atoms with Gasteiger partial charge in [0.2, 0.25) is 0 Å². The van der Waals surface area contributed by atoms with Crippen LogP contribution in [0.5, 0.6) is 0 Å². The molecule has 24 heavy (non-hydrogen) atoms. The van der Waals surface area contributed by atoms with Gasteiger partial charge in [-0.2, -0.15) is 0 Å². The molecule has 0 bridgehead atoms. The summed E-state index contributed by atoms with van der Waals surface area (Å²) >= 11 is 1.82. The van der Waals surface area contributed by atoms with Crippen molar-refractivity contribution in [2.75, 3.05) is 0 Å². The minimum Gasteiger partial charge on any atom is -0.283 e. The number of benzene rings is 3. The topological polar surface area (TPSA) is 17.3 Å². The summed E-state index contributed by atoms with van der Waals surface area (Å²) in [6, 6.07) is 25.7. The van der Waals surface area contributed by atoms with Crippen molar-refractivity contribution in [1.82, 2.24) is 9.38 Å². The summed E-state index contributed by atoms with van der Waals surface area (Å²) in [6.07, 6.45) is 0. The number of para-hydroxylation sites is 1. The van der Waals surface area contributed by atoms with E-state index in [0.29, 0.717) is 0 Å². The Bertz CT molecular complexity index is 1410. The van der Waals surface area contributed by atoms with Crippen LogP contribution in [0.3, 0.4) is 0 Å². The van der Waals surface area contributed by atoms with Crippen LogP contribution < -0.4 is 0 Å². The van der Waals surface area contributed by atoms with Crippen LogP contribution in [0.1, 0.15) is 0 Å². The lowest BCUT2D eigenvalue weighted by molar-refractivity contribution is 1.33. The third-order valence-corrected chi connectivity index (χ3v) is 5.93. The summed E-state index contributed by atoms with van der Waals surface area (Å²) in [4.78, 5) is 6.28. The van der Waals surface area contributed by atoms with Crippen molar-refractivity contribution in [2.45, 2.75) is 0 Å². The van der Waals surface area contributed by atoms with Gasteiger partial charge in [0.05, 0.1) is 5.52 Å². The minimum atomic E-state index is 1.05. The quantitative estimate of drug-likeness (QED) is 0.313. The van der Waals surface area contributed by atoms with Gasteiger partial charge in [-0.05, 0) is 17.5 Å². The predicted octanol–water partition coefficient (Wildman–Crippen LogP) is 6.01. The Hall–Kier alpha value is -2.91. The van der Waals surface area contributed by atoms with E-state index in [1.54, 1.807) is 0 Å². The number of aromatic nitrogens is 2. The molecule has 2 nitrogen and oxygen atoms in total. The normalized spacial score (nSPS) is 12.2. The second kappa shape index (κ2) is 4.34. The summed E-state index contributed by atoms with van der Waals surface area (Å²) in [7, 11) is 0. The number of pyridine rings is 1. The van der Waals surface area contributed by atoms with Crippen molar-refractivity contribution in [1.29, 1.82) is 0 Å². The number of imidazole rings is 1. The molecule has 6 rings (SSSR count). The molecule has 112 valence electrons. The Morgan fingerprint density at radius 3 is 2.21 bits per heavy atom. The standard InChI is InChI=1S/C21H12N2S/c1-2-9-15-13(7-1)14-8-3-5-11-17(14)23-20(15)22-19-16-10-4-6-12-18(16)24-21(19)23/h1-12H. The molecule has 0 aliphatic carbocycles. The van der Waals surface area contributed by atoms with Crippen molar-refractivity contribution >= 4 is 59.1 Å². The highest BCUT2D eigenvalue weighted by molar-refractivity contribution is 7.25. The number of hydrogen-bond donors (Lipinski definition) is 0. The Kier molecular flexibility index (Phi) is 2.26. The molecule has 0 aliphatic heterocycles. The average Bonchev–Trinajstić information content (AvgIpc) is 3.18. The molecule has 0 fully saturated rings. The minimum absolute atomic E-state index is 1.05. The van der Waals surface area contributed by atoms with E-state index in [0.717, 1.165) is 11.2 Å². The fourth-order valence-corrected chi connectivity index (χ4v) is 4.90. The van der Waals surface area contributed by atoms with Crippen molar-refractivity contribution in [3.63, 3.8) is 0 Å². The van der Waals surface area contributed by atoms with E-state index in [4.69, 9.17) is 4.98 Å². The second-order valence-corrected chi connectivity index (χ2v) is 7.12. The third-order valence-electron chi connectivity index (χ3n) is 4.79. The lowest BCUT2D eigenvalue weighted by Crippen LogP contribution is -1.90. The molecule has 0 N–H and O–H groups in total. The van der Waals surface area contributed by atoms with Crippen molar-refractivity contribution in [3.8, 4) is 0 Å². The molecule has 3 heteroatoms. The number of hydrogen-bond acceptors (Lipinski definition) is 2. The summed E-state index contributed by atoms with van der Waals surface area (Å²) < 4.78 is 3.62. The number of thiophene rings is 1. The maximum atomic E-state index is 5.05. The first kappa shape index (κ1) is 12.5. The van der Waals surface area contributed by atoms with Gasteiger partial charge < -0.3 is 0 Å². The SMILES string of the molecule is c1ccc2c(c1)sc1c2nc2c3ccccc3c3ccccc3n21. The predicted molar refractivity (Wildman–Crippen MR) is 103 cm³/mol. The Morgan fingerprint density at radius 1 is 0.667 bits per heavy atom. The zero-order chi connectivity index (χ0) is 15.7. The number of fused-ring (bicyclic) bond motifs is 10. The van der Waals surface area contributed by atoms with E-state index in [9.17, 15) is 0 Å². The van der Waals surface area contributed by atoms with E-state index in [2.05, 4.69) is 77.2 Å². The van der Waals surface area contributed by atoms with Gasteiger partial charge in [0.25, 0.3) is 0 Å². The molecular formula is C21H12N2S. The summed E-state index contributed by atoms with van der Waals surface area (Å²) in [5, 5.41) is 5.00. The molecule has 0 radical (unpaired) electrons. The van der Waals surface area contributed by atoms with Crippen molar-refractivity contribution in [2.24, 2.45) is 0 Å². The van der Waals surface area contributed by atoms with Crippen LogP contribution in [0.25, 0.3) is 47.8 Å². The molecular weight excluding hydrogens is 312 g/mol. The first-order valence-corrected chi connectivity index (χ1v) is 8.82. The summed E-state index contributed by atoms with van der Waals surface area (Å²) in [6.45, 7) is 0. The fourth-order valence-electron chi connectivity index (χ4n) is 3.74. The van der Waals surface area contributed by atoms with Crippen LogP contribution in [-0.4, -0.2) is 9.38 Å². The molecule has 3 heterocycles. The molecule has 3 aromatic heterocycles. The van der Waals surface area contributed by atoms with Crippen molar-refractivity contribution < 1.29 is 0 Å².